The molecule has 0 aromatic heterocycles. The number of halogens is 5. The average Bonchev–Trinajstić information content (AvgIpc) is 2.70. The SMILES string of the molecule is COC(=O)C1CN=NC1(C(=O)OC)S(F)(F)(F)(F)F. The van der Waals surface area contributed by atoms with Gasteiger partial charge in [0, 0.05) is 0 Å². The second kappa shape index (κ2) is 3.55. The first-order valence-electron chi connectivity index (χ1n) is 4.58. The van der Waals surface area contributed by atoms with Crippen molar-refractivity contribution in [3.63, 3.8) is 0 Å². The molecule has 0 N–H and O–H groups in total. The van der Waals surface area contributed by atoms with Crippen molar-refractivity contribution >= 4 is 22.2 Å². The van der Waals surface area contributed by atoms with E-state index >= 15 is 0 Å². The summed E-state index contributed by atoms with van der Waals surface area (Å²) in [6.07, 6.45) is 0. The third-order valence-electron chi connectivity index (χ3n) is 2.51. The van der Waals surface area contributed by atoms with Crippen LogP contribution < -0.4 is 0 Å². The molecule has 0 bridgehead atoms. The zero-order valence-corrected chi connectivity index (χ0v) is 10.4. The van der Waals surface area contributed by atoms with Gasteiger partial charge in [0.15, 0.2) is 0 Å². The van der Waals surface area contributed by atoms with Gasteiger partial charge in [0.25, 0.3) is 0 Å². The standard InChI is InChI=1S/C7H9F5N2O4S/c1-17-5(15)4-3-13-14-7(4,6(16)18-2)19(8,9,10,11)12/h4H,3H2,1-2H3. The number of hydrogen-bond donors (Lipinski definition) is 0. The summed E-state index contributed by atoms with van der Waals surface area (Å²) in [4.78, 5) is 17.8. The van der Waals surface area contributed by atoms with Crippen LogP contribution in [0.4, 0.5) is 19.4 Å². The van der Waals surface area contributed by atoms with Crippen molar-refractivity contribution in [2.24, 2.45) is 16.1 Å². The largest absolute Gasteiger partial charge is 0.469 e. The Hall–Kier alpha value is -1.46. The Morgan fingerprint density at radius 2 is 1.68 bits per heavy atom. The van der Waals surface area contributed by atoms with E-state index in [4.69, 9.17) is 0 Å². The highest BCUT2D eigenvalue weighted by Crippen LogP contribution is 3.05. The smallest absolute Gasteiger partial charge is 0.356 e. The van der Waals surface area contributed by atoms with E-state index in [1.807, 2.05) is 0 Å². The average molecular weight is 312 g/mol. The Bertz CT molecular complexity index is 463. The van der Waals surface area contributed by atoms with Gasteiger partial charge in [0.2, 0.25) is 0 Å². The van der Waals surface area contributed by atoms with Crippen LogP contribution in [0.3, 0.4) is 0 Å². The second-order valence-corrected chi connectivity index (χ2v) is 6.22. The first-order valence-corrected chi connectivity index (χ1v) is 6.54. The molecule has 0 spiro atoms. The monoisotopic (exact) mass is 312 g/mol. The Labute approximate surface area is 103 Å². The predicted octanol–water partition coefficient (Wildman–Crippen LogP) is 2.41. The van der Waals surface area contributed by atoms with Crippen LogP contribution in [-0.2, 0) is 19.1 Å². The van der Waals surface area contributed by atoms with Crippen LogP contribution in [0.2, 0.25) is 0 Å². The Morgan fingerprint density at radius 1 is 1.16 bits per heavy atom. The Kier molecular flexibility index (Phi) is 2.91. The van der Waals surface area contributed by atoms with E-state index in [1.54, 1.807) is 0 Å². The molecule has 0 saturated carbocycles. The van der Waals surface area contributed by atoms with E-state index in [0.29, 0.717) is 14.2 Å². The van der Waals surface area contributed by atoms with Gasteiger partial charge in [-0.15, -0.1) is 0 Å². The minimum Gasteiger partial charge on any atom is -0.469 e. The van der Waals surface area contributed by atoms with Crippen LogP contribution in [0.15, 0.2) is 10.2 Å². The molecule has 0 fully saturated rings. The summed E-state index contributed by atoms with van der Waals surface area (Å²) >= 11 is 0. The molecule has 2 atom stereocenters. The molecule has 0 saturated heterocycles. The highest BCUT2D eigenvalue weighted by atomic mass is 32.5. The van der Waals surface area contributed by atoms with Crippen molar-refractivity contribution in [1.29, 1.82) is 0 Å². The molecule has 1 heterocycles. The van der Waals surface area contributed by atoms with E-state index in [1.165, 1.54) is 0 Å². The zero-order chi connectivity index (χ0) is 15.2. The van der Waals surface area contributed by atoms with E-state index in [0.717, 1.165) is 0 Å². The van der Waals surface area contributed by atoms with Crippen molar-refractivity contribution < 1.29 is 38.5 Å². The zero-order valence-electron chi connectivity index (χ0n) is 9.61. The van der Waals surface area contributed by atoms with Gasteiger partial charge in [-0.25, -0.2) is 4.79 Å². The van der Waals surface area contributed by atoms with Gasteiger partial charge in [0.1, 0.15) is 5.92 Å². The molecule has 19 heavy (non-hydrogen) atoms. The molecule has 0 amide bonds. The lowest BCUT2D eigenvalue weighted by Crippen LogP contribution is -2.54. The number of nitrogens with zero attached hydrogens (tertiary/aromatic N) is 2. The van der Waals surface area contributed by atoms with E-state index in [9.17, 15) is 29.0 Å². The van der Waals surface area contributed by atoms with Crippen LogP contribution in [0.1, 0.15) is 0 Å². The number of carbonyl (C=O) groups is 2. The number of azo groups is 1. The van der Waals surface area contributed by atoms with Crippen LogP contribution >= 0.6 is 10.2 Å². The van der Waals surface area contributed by atoms with Gasteiger partial charge in [-0.2, -0.15) is 10.2 Å². The molecular formula is C7H9F5N2O4S. The molecule has 112 valence electrons. The maximum absolute atomic E-state index is 13.1. The summed E-state index contributed by atoms with van der Waals surface area (Å²) in [6, 6.07) is 0. The third kappa shape index (κ3) is 2.13. The molecule has 0 radical (unpaired) electrons. The molecular weight excluding hydrogens is 303 g/mol. The first-order chi connectivity index (χ1) is 8.30. The lowest BCUT2D eigenvalue weighted by Gasteiger charge is -2.50. The summed E-state index contributed by atoms with van der Waals surface area (Å²) in [7, 11) is -9.41. The van der Waals surface area contributed by atoms with Crippen molar-refractivity contribution in [3.05, 3.63) is 0 Å². The number of rotatable bonds is 3. The third-order valence-corrected chi connectivity index (χ3v) is 4.22. The van der Waals surface area contributed by atoms with Crippen LogP contribution in [0.5, 0.6) is 0 Å². The minimum atomic E-state index is -10.6. The quantitative estimate of drug-likeness (QED) is 0.592. The molecule has 12 heteroatoms. The highest BCUT2D eigenvalue weighted by molar-refractivity contribution is 8.47. The van der Waals surface area contributed by atoms with Gasteiger partial charge in [-0.3, -0.25) is 4.79 Å². The topological polar surface area (TPSA) is 77.3 Å². The summed E-state index contributed by atoms with van der Waals surface area (Å²) in [5.74, 6) is -6.69. The van der Waals surface area contributed by atoms with Gasteiger partial charge in [-0.1, -0.05) is 19.4 Å². The van der Waals surface area contributed by atoms with E-state index in [2.05, 4.69) is 19.7 Å². The normalized spacial score (nSPS) is 30.4. The Morgan fingerprint density at radius 3 is 2.05 bits per heavy atom. The van der Waals surface area contributed by atoms with Crippen molar-refractivity contribution in [2.45, 2.75) is 4.87 Å². The number of methoxy groups -OCH3 is 2. The lowest BCUT2D eigenvalue weighted by atomic mass is 10.0. The molecule has 2 unspecified atom stereocenters. The summed E-state index contributed by atoms with van der Waals surface area (Å²) < 4.78 is 73.2. The fourth-order valence-corrected chi connectivity index (χ4v) is 2.95. The van der Waals surface area contributed by atoms with Gasteiger partial charge >= 0.3 is 27.0 Å². The molecule has 0 aromatic carbocycles. The molecule has 1 rings (SSSR count). The van der Waals surface area contributed by atoms with Gasteiger partial charge in [0.05, 0.1) is 20.8 Å². The number of hydrogen-bond acceptors (Lipinski definition) is 6. The van der Waals surface area contributed by atoms with E-state index in [-0.39, 0.29) is 0 Å². The Balaban J connectivity index is 3.60. The highest BCUT2D eigenvalue weighted by Gasteiger charge is 2.89. The fourth-order valence-electron chi connectivity index (χ4n) is 1.63. The molecule has 1 aliphatic heterocycles. The second-order valence-electron chi connectivity index (χ2n) is 3.66. The lowest BCUT2D eigenvalue weighted by molar-refractivity contribution is -0.155. The molecule has 0 aliphatic carbocycles. The summed E-state index contributed by atoms with van der Waals surface area (Å²) in [6.45, 7) is -1.05. The summed E-state index contributed by atoms with van der Waals surface area (Å²) in [5, 5.41) is 5.10. The summed E-state index contributed by atoms with van der Waals surface area (Å²) in [5.41, 5.74) is 0. The fraction of sp³-hybridized carbons (Fsp3) is 0.714. The molecule has 1 aliphatic rings. The van der Waals surface area contributed by atoms with Crippen molar-refractivity contribution in [3.8, 4) is 0 Å². The van der Waals surface area contributed by atoms with Crippen LogP contribution in [-0.4, -0.2) is 37.6 Å². The molecule has 6 nitrogen and oxygen atoms in total. The first kappa shape index (κ1) is 15.6. The van der Waals surface area contributed by atoms with E-state index < -0.39 is 39.5 Å². The van der Waals surface area contributed by atoms with Crippen LogP contribution in [0.25, 0.3) is 0 Å². The number of esters is 2. The van der Waals surface area contributed by atoms with Gasteiger partial charge in [-0.05, 0) is 0 Å². The minimum absolute atomic E-state index is 0.468. The molecule has 0 aromatic rings. The number of carbonyl (C=O) groups excluding carboxylic acids is 2. The predicted molar refractivity (Wildman–Crippen MR) is 53.1 cm³/mol. The van der Waals surface area contributed by atoms with Crippen molar-refractivity contribution in [1.82, 2.24) is 0 Å². The number of ether oxygens (including phenoxy) is 2. The van der Waals surface area contributed by atoms with Crippen molar-refractivity contribution in [2.75, 3.05) is 20.8 Å². The van der Waals surface area contributed by atoms with Gasteiger partial charge < -0.3 is 9.47 Å². The maximum atomic E-state index is 13.1. The maximum Gasteiger partial charge on any atom is 0.356 e. The van der Waals surface area contributed by atoms with Crippen LogP contribution in [0, 0.1) is 5.92 Å².